The average molecular weight is 597 g/mol. The highest BCUT2D eigenvalue weighted by atomic mass is 79.9. The number of amides is 3. The lowest BCUT2D eigenvalue weighted by atomic mass is 10.1. The Morgan fingerprint density at radius 1 is 1.06 bits per heavy atom. The number of carbonyl (C=O) groups excluding carboxylic acids is 2. The Hall–Kier alpha value is -2.49. The van der Waals surface area contributed by atoms with E-state index in [1.807, 2.05) is 42.5 Å². The lowest BCUT2D eigenvalue weighted by Crippen LogP contribution is -2.41. The van der Waals surface area contributed by atoms with Crippen LogP contribution in [0.3, 0.4) is 0 Å². The first-order valence-corrected chi connectivity index (χ1v) is 12.0. The molecule has 0 saturated carbocycles. The highest BCUT2D eigenvalue weighted by molar-refractivity contribution is 9.25. The van der Waals surface area contributed by atoms with E-state index in [0.29, 0.717) is 0 Å². The molecule has 0 bridgehead atoms. The fourth-order valence-electron chi connectivity index (χ4n) is 3.40. The van der Waals surface area contributed by atoms with E-state index in [-0.39, 0.29) is 17.4 Å². The van der Waals surface area contributed by atoms with Crippen LogP contribution in [0.2, 0.25) is 0 Å². The summed E-state index contributed by atoms with van der Waals surface area (Å²) in [7, 11) is 1.32. The average Bonchev–Trinajstić information content (AvgIpc) is 3.02. The smallest absolute Gasteiger partial charge is 0.337 e. The third kappa shape index (κ3) is 4.62. The zero-order valence-corrected chi connectivity index (χ0v) is 21.2. The molecule has 0 radical (unpaired) electrons. The second-order valence-electron chi connectivity index (χ2n) is 7.39. The summed E-state index contributed by atoms with van der Waals surface area (Å²) in [6, 6.07) is 18.7. The number of fused-ring (bicyclic) bond motifs is 1. The van der Waals surface area contributed by atoms with Crippen molar-refractivity contribution in [2.45, 2.75) is 9.40 Å². The van der Waals surface area contributed by atoms with Gasteiger partial charge in [0.1, 0.15) is 15.2 Å². The first-order chi connectivity index (χ1) is 15.7. The minimum absolute atomic E-state index is 0.0622. The number of rotatable bonds is 6. The number of halogens is 4. The lowest BCUT2D eigenvalue weighted by molar-refractivity contribution is -0.119. The molecule has 0 aromatic heterocycles. The van der Waals surface area contributed by atoms with Crippen molar-refractivity contribution < 1.29 is 14.0 Å². The number of hydrogen-bond donors (Lipinski definition) is 1. The maximum Gasteiger partial charge on any atom is 0.337 e. The van der Waals surface area contributed by atoms with E-state index in [0.717, 1.165) is 26.3 Å². The van der Waals surface area contributed by atoms with Gasteiger partial charge in [-0.1, -0.05) is 74.3 Å². The van der Waals surface area contributed by atoms with Crippen molar-refractivity contribution in [2.24, 2.45) is 4.99 Å². The van der Waals surface area contributed by atoms with Crippen molar-refractivity contribution in [3.63, 3.8) is 0 Å². The van der Waals surface area contributed by atoms with Gasteiger partial charge in [-0.2, -0.15) is 0 Å². The van der Waals surface area contributed by atoms with Gasteiger partial charge in [-0.05, 0) is 35.0 Å². The van der Waals surface area contributed by atoms with E-state index in [1.54, 1.807) is 6.07 Å². The summed E-state index contributed by atoms with van der Waals surface area (Å²) in [6.07, 6.45) is -0.844. The zero-order chi connectivity index (χ0) is 23.8. The van der Waals surface area contributed by atoms with Crippen LogP contribution in [-0.2, 0) is 4.79 Å². The number of likely N-dealkylation sites (N-methyl/N-ethyl adjacent to an activating group) is 1. The summed E-state index contributed by atoms with van der Waals surface area (Å²) in [5, 5.41) is 5.33. The van der Waals surface area contributed by atoms with E-state index in [1.165, 1.54) is 25.2 Å². The molecular formula is C23H18Br2ClFN4O2. The Labute approximate surface area is 211 Å². The molecule has 1 heterocycles. The number of urea groups is 1. The molecule has 3 aromatic carbocycles. The number of nitrogens with zero attached hydrogens (tertiary/aromatic N) is 3. The van der Waals surface area contributed by atoms with Gasteiger partial charge in [-0.25, -0.2) is 19.1 Å². The predicted octanol–water partition coefficient (Wildman–Crippen LogP) is 5.94. The number of para-hydroxylation sites is 1. The van der Waals surface area contributed by atoms with E-state index < -0.39 is 27.2 Å². The molecule has 1 aliphatic heterocycles. The van der Waals surface area contributed by atoms with Crippen LogP contribution < -0.4 is 10.2 Å². The van der Waals surface area contributed by atoms with Gasteiger partial charge in [0.2, 0.25) is 5.84 Å². The normalized spacial score (nSPS) is 16.7. The second-order valence-corrected chi connectivity index (χ2v) is 11.6. The van der Waals surface area contributed by atoms with Gasteiger partial charge in [0.25, 0.3) is 5.91 Å². The summed E-state index contributed by atoms with van der Waals surface area (Å²) >= 11 is 13.2. The molecule has 10 heteroatoms. The maximum absolute atomic E-state index is 14.5. The fraction of sp³-hybridized carbons (Fsp3) is 0.174. The second kappa shape index (κ2) is 9.40. The standard InChI is InChI=1S/C23H18Br2ClFN4O2/c1-30-20(32)19(31(22(30)33)18-9-5-4-8-17(18)27)29-21(23(24,25)13-26)28-16-11-10-14-6-2-3-7-15(14)12-16/h2-12,21,28H,13H2,1H3/b29-19+. The van der Waals surface area contributed by atoms with Crippen molar-refractivity contribution in [2.75, 3.05) is 23.1 Å². The monoisotopic (exact) mass is 594 g/mol. The van der Waals surface area contributed by atoms with Crippen molar-refractivity contribution in [1.82, 2.24) is 4.90 Å². The van der Waals surface area contributed by atoms with Crippen molar-refractivity contribution >= 4 is 83.4 Å². The van der Waals surface area contributed by atoms with E-state index in [4.69, 9.17) is 11.6 Å². The summed E-state index contributed by atoms with van der Waals surface area (Å²) in [5.74, 6) is -1.47. The number of nitrogens with one attached hydrogen (secondary N) is 1. The van der Waals surface area contributed by atoms with Crippen LogP contribution in [0.1, 0.15) is 0 Å². The van der Waals surface area contributed by atoms with Crippen LogP contribution >= 0.6 is 43.5 Å². The predicted molar refractivity (Wildman–Crippen MR) is 137 cm³/mol. The van der Waals surface area contributed by atoms with Crippen LogP contribution in [0.5, 0.6) is 0 Å². The van der Waals surface area contributed by atoms with Gasteiger partial charge in [-0.15, -0.1) is 11.6 Å². The first kappa shape index (κ1) is 23.7. The Kier molecular flexibility index (Phi) is 6.74. The van der Waals surface area contributed by atoms with Gasteiger partial charge >= 0.3 is 6.03 Å². The zero-order valence-electron chi connectivity index (χ0n) is 17.3. The van der Waals surface area contributed by atoms with Crippen LogP contribution in [0.4, 0.5) is 20.6 Å². The van der Waals surface area contributed by atoms with Crippen molar-refractivity contribution in [3.05, 3.63) is 72.5 Å². The first-order valence-electron chi connectivity index (χ1n) is 9.86. The van der Waals surface area contributed by atoms with Crippen LogP contribution in [0.25, 0.3) is 10.8 Å². The third-order valence-corrected chi connectivity index (χ3v) is 7.66. The quantitative estimate of drug-likeness (QED) is 0.283. The third-order valence-electron chi connectivity index (χ3n) is 5.16. The molecule has 33 heavy (non-hydrogen) atoms. The Bertz CT molecular complexity index is 1270. The molecule has 3 amide bonds. The number of anilines is 2. The molecule has 6 nitrogen and oxygen atoms in total. The Morgan fingerprint density at radius 3 is 2.42 bits per heavy atom. The maximum atomic E-state index is 14.5. The molecule has 1 aliphatic rings. The SMILES string of the molecule is CN1C(=O)/C(=N\C(Nc2ccc3ccccc3c2)C(Br)(Br)CCl)N(c2ccccc2F)C1=O. The van der Waals surface area contributed by atoms with Gasteiger partial charge in [0, 0.05) is 12.7 Å². The number of benzene rings is 3. The molecule has 4 rings (SSSR count). The minimum Gasteiger partial charge on any atom is -0.362 e. The molecule has 0 aliphatic carbocycles. The Balaban J connectivity index is 1.79. The topological polar surface area (TPSA) is 65.0 Å². The molecule has 1 N–H and O–H groups in total. The molecule has 1 saturated heterocycles. The van der Waals surface area contributed by atoms with Gasteiger partial charge in [-0.3, -0.25) is 9.69 Å². The summed E-state index contributed by atoms with van der Waals surface area (Å²) in [4.78, 5) is 32.1. The van der Waals surface area contributed by atoms with Crippen LogP contribution in [-0.4, -0.2) is 45.0 Å². The number of aliphatic imine (C=N–C) groups is 1. The fourth-order valence-corrected chi connectivity index (χ4v) is 3.98. The molecule has 1 unspecified atom stereocenters. The molecular weight excluding hydrogens is 579 g/mol. The van der Waals surface area contributed by atoms with Crippen LogP contribution in [0.15, 0.2) is 71.7 Å². The molecule has 3 aromatic rings. The Morgan fingerprint density at radius 2 is 1.73 bits per heavy atom. The molecule has 1 fully saturated rings. The minimum atomic E-state index is -0.981. The van der Waals surface area contributed by atoms with E-state index in [2.05, 4.69) is 42.2 Å². The van der Waals surface area contributed by atoms with Crippen molar-refractivity contribution in [1.29, 1.82) is 0 Å². The van der Waals surface area contributed by atoms with Crippen LogP contribution in [0, 0.1) is 5.82 Å². The largest absolute Gasteiger partial charge is 0.362 e. The number of amidine groups is 1. The highest BCUT2D eigenvalue weighted by Gasteiger charge is 2.44. The highest BCUT2D eigenvalue weighted by Crippen LogP contribution is 2.36. The van der Waals surface area contributed by atoms with Gasteiger partial charge < -0.3 is 5.32 Å². The molecule has 1 atom stereocenters. The number of alkyl halides is 3. The van der Waals surface area contributed by atoms with Gasteiger partial charge in [0.15, 0.2) is 0 Å². The number of hydrogen-bond acceptors (Lipinski definition) is 4. The summed E-state index contributed by atoms with van der Waals surface area (Å²) in [5.41, 5.74) is 0.656. The van der Waals surface area contributed by atoms with E-state index >= 15 is 0 Å². The summed E-state index contributed by atoms with van der Waals surface area (Å²) in [6.45, 7) is 0. The molecule has 170 valence electrons. The molecule has 0 spiro atoms. The van der Waals surface area contributed by atoms with Crippen molar-refractivity contribution in [3.8, 4) is 0 Å². The lowest BCUT2D eigenvalue weighted by Gasteiger charge is -2.28. The van der Waals surface area contributed by atoms with E-state index in [9.17, 15) is 14.0 Å². The summed E-state index contributed by atoms with van der Waals surface area (Å²) < 4.78 is 13.6. The van der Waals surface area contributed by atoms with Gasteiger partial charge in [0.05, 0.1) is 11.6 Å². The number of imide groups is 1. The number of carbonyl (C=O) groups is 2.